The van der Waals surface area contributed by atoms with E-state index >= 15 is 0 Å². The van der Waals surface area contributed by atoms with Crippen molar-refractivity contribution in [3.8, 4) is 0 Å². The molecule has 2 unspecified atom stereocenters. The van der Waals surface area contributed by atoms with Gasteiger partial charge in [0.25, 0.3) is 0 Å². The molecule has 0 aliphatic carbocycles. The van der Waals surface area contributed by atoms with E-state index in [1.54, 1.807) is 0 Å². The van der Waals surface area contributed by atoms with Gasteiger partial charge in [-0.05, 0) is 0 Å². The van der Waals surface area contributed by atoms with Crippen LogP contribution in [-0.2, 0) is 47.8 Å². The van der Waals surface area contributed by atoms with Gasteiger partial charge in [0.1, 0.15) is 0 Å². The van der Waals surface area contributed by atoms with Gasteiger partial charge in [-0.2, -0.15) is 0 Å². The topological polar surface area (TPSA) is 276 Å². The molecule has 0 aromatic heterocycles. The molecule has 16 nitrogen and oxygen atoms in total. The Hall–Kier alpha value is -4.18. The maximum atomic E-state index is 11.7. The van der Waals surface area contributed by atoms with E-state index in [2.05, 4.69) is 16.1 Å². The summed E-state index contributed by atoms with van der Waals surface area (Å²) in [5, 5.41) is 54.2. The number of aliphatic carboxylic acids is 4. The molecule has 2 atom stereocenters. The molecule has 0 rings (SSSR count). The summed E-state index contributed by atoms with van der Waals surface area (Å²) in [5.41, 5.74) is -7.04. The number of ether oxygens (including phenoxy) is 2. The predicted molar refractivity (Wildman–Crippen MR) is 94.9 cm³/mol. The third kappa shape index (κ3) is 9.66. The van der Waals surface area contributed by atoms with E-state index in [9.17, 15) is 48.6 Å². The van der Waals surface area contributed by atoms with Crippen LogP contribution in [0, 0.1) is 0 Å². The van der Waals surface area contributed by atoms with Crippen molar-refractivity contribution in [2.24, 2.45) is 0 Å². The fourth-order valence-electron chi connectivity index (χ4n) is 2.06. The number of carboxylic acids is 4. The molecule has 0 fully saturated rings. The molecule has 0 bridgehead atoms. The number of rotatable bonds is 13. The van der Waals surface area contributed by atoms with E-state index in [1.807, 2.05) is 0 Å². The third-order valence-corrected chi connectivity index (χ3v) is 3.64. The van der Waals surface area contributed by atoms with Crippen molar-refractivity contribution in [2.75, 3.05) is 0 Å². The van der Waals surface area contributed by atoms with Gasteiger partial charge in [0, 0.05) is 5.57 Å². The van der Waals surface area contributed by atoms with Crippen LogP contribution in [0.15, 0.2) is 12.2 Å². The molecule has 0 amide bonds. The summed E-state index contributed by atoms with van der Waals surface area (Å²) in [5.74, 6) is -14.3. The fraction of sp³-hybridized carbons (Fsp3) is 0.412. The van der Waals surface area contributed by atoms with Crippen molar-refractivity contribution in [1.82, 2.24) is 0 Å². The van der Waals surface area contributed by atoms with Crippen LogP contribution in [0.3, 0.4) is 0 Å². The van der Waals surface area contributed by atoms with Crippen LogP contribution >= 0.6 is 0 Å². The molecule has 0 saturated carbocycles. The third-order valence-electron chi connectivity index (χ3n) is 3.64. The first-order valence-corrected chi connectivity index (χ1v) is 8.43. The van der Waals surface area contributed by atoms with Gasteiger partial charge in [-0.15, -0.1) is 0 Å². The first-order chi connectivity index (χ1) is 14.9. The molecule has 6 N–H and O–H groups in total. The molecule has 33 heavy (non-hydrogen) atoms. The van der Waals surface area contributed by atoms with E-state index in [4.69, 9.17) is 20.4 Å². The van der Waals surface area contributed by atoms with Crippen LogP contribution in [0.4, 0.5) is 0 Å². The second kappa shape index (κ2) is 11.4. The highest BCUT2D eigenvalue weighted by Gasteiger charge is 2.43. The number of carbonyl (C=O) groups excluding carboxylic acids is 4. The molecule has 182 valence electrons. The van der Waals surface area contributed by atoms with E-state index in [0.29, 0.717) is 0 Å². The molecule has 0 aromatic carbocycles. The molecule has 0 radical (unpaired) electrons. The van der Waals surface area contributed by atoms with Gasteiger partial charge in [0.15, 0.2) is 11.2 Å². The average Bonchev–Trinajstić information content (AvgIpc) is 2.58. The van der Waals surface area contributed by atoms with Crippen LogP contribution in [0.25, 0.3) is 0 Å². The lowest BCUT2D eigenvalue weighted by molar-refractivity contribution is -0.175. The number of esters is 4. The minimum absolute atomic E-state index is 0.836. The normalized spacial score (nSPS) is 14.0. The molecule has 0 aromatic rings. The summed E-state index contributed by atoms with van der Waals surface area (Å²) in [6, 6.07) is 0. The van der Waals surface area contributed by atoms with Crippen molar-refractivity contribution < 1.29 is 78.5 Å². The summed E-state index contributed by atoms with van der Waals surface area (Å²) in [4.78, 5) is 89.7. The van der Waals surface area contributed by atoms with Crippen LogP contribution in [0.2, 0.25) is 0 Å². The summed E-state index contributed by atoms with van der Waals surface area (Å²) >= 11 is 0. The summed E-state index contributed by atoms with van der Waals surface area (Å²) in [6.07, 6.45) is -6.86. The maximum absolute atomic E-state index is 11.7. The molecular formula is C17H18O16. The highest BCUT2D eigenvalue weighted by atomic mass is 16.6. The number of carboxylic acid groups (broad SMARTS) is 4. The van der Waals surface area contributed by atoms with Crippen molar-refractivity contribution in [3.05, 3.63) is 12.2 Å². The zero-order valence-electron chi connectivity index (χ0n) is 16.5. The van der Waals surface area contributed by atoms with E-state index in [-0.39, 0.29) is 0 Å². The fourth-order valence-corrected chi connectivity index (χ4v) is 2.06. The Morgan fingerprint density at radius 1 is 0.606 bits per heavy atom. The Balaban J connectivity index is 4.93. The highest BCUT2D eigenvalue weighted by molar-refractivity contribution is 6.01. The molecule has 0 aliphatic rings. The van der Waals surface area contributed by atoms with Gasteiger partial charge in [0.2, 0.25) is 0 Å². The minimum Gasteiger partial charge on any atom is -0.481 e. The van der Waals surface area contributed by atoms with Gasteiger partial charge in [-0.25, -0.2) is 14.4 Å². The molecule has 16 heteroatoms. The smallest absolute Gasteiger partial charge is 0.341 e. The van der Waals surface area contributed by atoms with Gasteiger partial charge in [0.05, 0.1) is 32.1 Å². The minimum atomic E-state index is -3.10. The first-order valence-electron chi connectivity index (χ1n) is 8.43. The van der Waals surface area contributed by atoms with Gasteiger partial charge < -0.3 is 40.1 Å². The zero-order valence-corrected chi connectivity index (χ0v) is 16.5. The van der Waals surface area contributed by atoms with Crippen molar-refractivity contribution in [2.45, 2.75) is 43.3 Å². The van der Waals surface area contributed by atoms with Gasteiger partial charge in [-0.1, -0.05) is 6.58 Å². The van der Waals surface area contributed by atoms with E-state index in [1.165, 1.54) is 0 Å². The summed E-state index contributed by atoms with van der Waals surface area (Å²) in [7, 11) is 0. The second-order valence-electron chi connectivity index (χ2n) is 6.56. The Labute approximate surface area is 182 Å². The van der Waals surface area contributed by atoms with Crippen molar-refractivity contribution in [3.63, 3.8) is 0 Å². The van der Waals surface area contributed by atoms with Crippen LogP contribution in [0.1, 0.15) is 32.1 Å². The Morgan fingerprint density at radius 3 is 1.30 bits per heavy atom. The monoisotopic (exact) mass is 478 g/mol. The average molecular weight is 478 g/mol. The number of carbonyl (C=O) groups is 8. The van der Waals surface area contributed by atoms with Gasteiger partial charge >= 0.3 is 47.8 Å². The SMILES string of the molecule is C=C(CC(=O)OC(=O)CC(O)(CC(=O)O)C(=O)O)C(=O)OC(=O)CC(O)(CC(=O)O)C(=O)O. The molecule has 0 spiro atoms. The Bertz CT molecular complexity index is 901. The Kier molecular flexibility index (Phi) is 9.99. The van der Waals surface area contributed by atoms with Crippen LogP contribution < -0.4 is 0 Å². The molecule has 0 heterocycles. The predicted octanol–water partition coefficient (Wildman–Crippen LogP) is -2.57. The maximum Gasteiger partial charge on any atom is 0.341 e. The highest BCUT2D eigenvalue weighted by Crippen LogP contribution is 2.19. The summed E-state index contributed by atoms with van der Waals surface area (Å²) in [6.45, 7) is 3.04. The van der Waals surface area contributed by atoms with E-state index < -0.39 is 96.6 Å². The number of hydrogen-bond donors (Lipinski definition) is 6. The van der Waals surface area contributed by atoms with Gasteiger partial charge in [-0.3, -0.25) is 24.0 Å². The molecular weight excluding hydrogens is 460 g/mol. The number of aliphatic hydroxyl groups is 2. The lowest BCUT2D eigenvalue weighted by Gasteiger charge is -2.20. The lowest BCUT2D eigenvalue weighted by Crippen LogP contribution is -2.43. The van der Waals surface area contributed by atoms with Crippen molar-refractivity contribution >= 4 is 47.8 Å². The number of hydrogen-bond acceptors (Lipinski definition) is 12. The largest absolute Gasteiger partial charge is 0.481 e. The molecule has 0 aliphatic heterocycles. The summed E-state index contributed by atoms with van der Waals surface area (Å²) < 4.78 is 8.26. The Morgan fingerprint density at radius 2 is 0.970 bits per heavy atom. The van der Waals surface area contributed by atoms with Crippen LogP contribution in [0.5, 0.6) is 0 Å². The standard InChI is InChI=1S/C17H18O16/c1-7(13(25)33-12(24)6-17(31,15(28)29)4-9(20)21)2-10(22)32-11(23)5-16(30,14(26)27)3-8(18)19/h30-31H,1-6H2,(H,18,19)(H,20,21)(H,26,27)(H,28,29). The first kappa shape index (κ1) is 28.8. The zero-order chi connectivity index (χ0) is 26.1. The van der Waals surface area contributed by atoms with Crippen LogP contribution in [-0.4, -0.2) is 89.6 Å². The molecule has 0 saturated heterocycles. The lowest BCUT2D eigenvalue weighted by atomic mass is 9.96. The second-order valence-corrected chi connectivity index (χ2v) is 6.56. The quantitative estimate of drug-likeness (QED) is 0.0901. The van der Waals surface area contributed by atoms with Crippen molar-refractivity contribution in [1.29, 1.82) is 0 Å². The van der Waals surface area contributed by atoms with E-state index in [0.717, 1.165) is 0 Å².